The number of carbonyl (C=O) groups is 4. The summed E-state index contributed by atoms with van der Waals surface area (Å²) in [5.41, 5.74) is 0.570. The molecule has 0 bridgehead atoms. The van der Waals surface area contributed by atoms with Crippen molar-refractivity contribution >= 4 is 23.7 Å². The Labute approximate surface area is 175 Å². The SMILES string of the molecule is C=CCN1C(=O)c2ccc(C(=O)OCC(=O)N3CC[C@H]4CCCC[C@@H]4C3)cc2C1=O. The average molecular weight is 410 g/mol. The lowest BCUT2D eigenvalue weighted by Gasteiger charge is -2.41. The summed E-state index contributed by atoms with van der Waals surface area (Å²) >= 11 is 0. The predicted octanol–water partition coefficient (Wildman–Crippen LogP) is 2.66. The fraction of sp³-hybridized carbons (Fsp3) is 0.478. The van der Waals surface area contributed by atoms with E-state index in [1.54, 1.807) is 4.90 Å². The molecular formula is C23H26N2O5. The molecule has 4 rings (SSSR count). The van der Waals surface area contributed by atoms with Crippen LogP contribution in [0.25, 0.3) is 0 Å². The first kappa shape index (κ1) is 20.3. The van der Waals surface area contributed by atoms with Crippen LogP contribution in [0.5, 0.6) is 0 Å². The molecular weight excluding hydrogens is 384 g/mol. The Balaban J connectivity index is 1.36. The number of hydrogen-bond acceptors (Lipinski definition) is 5. The molecule has 3 aliphatic rings. The van der Waals surface area contributed by atoms with Gasteiger partial charge in [-0.05, 0) is 42.9 Å². The van der Waals surface area contributed by atoms with Crippen LogP contribution in [-0.2, 0) is 9.53 Å². The Hall–Kier alpha value is -2.96. The molecule has 1 saturated carbocycles. The van der Waals surface area contributed by atoms with Crippen LogP contribution in [0.2, 0.25) is 0 Å². The van der Waals surface area contributed by atoms with Gasteiger partial charge in [0.25, 0.3) is 17.7 Å². The van der Waals surface area contributed by atoms with Gasteiger partial charge in [-0.25, -0.2) is 4.79 Å². The number of piperidine rings is 1. The van der Waals surface area contributed by atoms with Crippen LogP contribution in [0, 0.1) is 11.8 Å². The number of benzene rings is 1. The zero-order valence-corrected chi connectivity index (χ0v) is 17.0. The molecule has 3 amide bonds. The van der Waals surface area contributed by atoms with E-state index in [1.165, 1.54) is 50.0 Å². The number of carbonyl (C=O) groups excluding carboxylic acids is 4. The van der Waals surface area contributed by atoms with Crippen molar-refractivity contribution in [1.29, 1.82) is 0 Å². The second-order valence-corrected chi connectivity index (χ2v) is 8.28. The summed E-state index contributed by atoms with van der Waals surface area (Å²) in [5, 5.41) is 0. The lowest BCUT2D eigenvalue weighted by Crippen LogP contribution is -2.46. The molecule has 7 nitrogen and oxygen atoms in total. The zero-order valence-electron chi connectivity index (χ0n) is 17.0. The van der Waals surface area contributed by atoms with Crippen molar-refractivity contribution in [2.24, 2.45) is 11.8 Å². The number of nitrogens with zero attached hydrogens (tertiary/aromatic N) is 2. The van der Waals surface area contributed by atoms with Gasteiger partial charge in [0, 0.05) is 19.6 Å². The lowest BCUT2D eigenvalue weighted by atomic mass is 9.75. The number of fused-ring (bicyclic) bond motifs is 2. The maximum Gasteiger partial charge on any atom is 0.338 e. The first-order chi connectivity index (χ1) is 14.5. The minimum Gasteiger partial charge on any atom is -0.452 e. The number of imide groups is 1. The first-order valence-corrected chi connectivity index (χ1v) is 10.6. The summed E-state index contributed by atoms with van der Waals surface area (Å²) in [4.78, 5) is 52.5. The van der Waals surface area contributed by atoms with Crippen molar-refractivity contribution in [3.8, 4) is 0 Å². The minimum absolute atomic E-state index is 0.109. The molecule has 30 heavy (non-hydrogen) atoms. The third-order valence-corrected chi connectivity index (χ3v) is 6.49. The summed E-state index contributed by atoms with van der Waals surface area (Å²) in [6.07, 6.45) is 7.42. The van der Waals surface area contributed by atoms with Crippen LogP contribution in [-0.4, -0.2) is 59.7 Å². The average Bonchev–Trinajstić information content (AvgIpc) is 3.01. The van der Waals surface area contributed by atoms with E-state index < -0.39 is 17.8 Å². The van der Waals surface area contributed by atoms with Gasteiger partial charge in [-0.15, -0.1) is 6.58 Å². The van der Waals surface area contributed by atoms with Gasteiger partial charge < -0.3 is 9.64 Å². The first-order valence-electron chi connectivity index (χ1n) is 10.6. The number of esters is 1. The van der Waals surface area contributed by atoms with Crippen LogP contribution in [0.15, 0.2) is 30.9 Å². The Kier molecular flexibility index (Phi) is 5.70. The topological polar surface area (TPSA) is 84.0 Å². The number of amides is 3. The van der Waals surface area contributed by atoms with Crippen LogP contribution in [0.3, 0.4) is 0 Å². The number of rotatable bonds is 5. The highest BCUT2D eigenvalue weighted by Crippen LogP contribution is 2.36. The Bertz CT molecular complexity index is 909. The van der Waals surface area contributed by atoms with Crippen molar-refractivity contribution in [3.63, 3.8) is 0 Å². The maximum absolute atomic E-state index is 12.5. The van der Waals surface area contributed by atoms with Gasteiger partial charge in [0.15, 0.2) is 6.61 Å². The molecule has 0 spiro atoms. The summed E-state index contributed by atoms with van der Waals surface area (Å²) in [6, 6.07) is 4.26. The number of ether oxygens (including phenoxy) is 1. The molecule has 0 aromatic heterocycles. The number of hydrogen-bond donors (Lipinski definition) is 0. The summed E-state index contributed by atoms with van der Waals surface area (Å²) in [5.74, 6) is -0.450. The molecule has 1 aromatic carbocycles. The third-order valence-electron chi connectivity index (χ3n) is 6.49. The van der Waals surface area contributed by atoms with E-state index in [4.69, 9.17) is 4.74 Å². The van der Waals surface area contributed by atoms with Gasteiger partial charge in [0.1, 0.15) is 0 Å². The van der Waals surface area contributed by atoms with E-state index in [1.807, 2.05) is 0 Å². The second kappa shape index (κ2) is 8.42. The van der Waals surface area contributed by atoms with Crippen molar-refractivity contribution in [3.05, 3.63) is 47.5 Å². The Morgan fingerprint density at radius 3 is 2.57 bits per heavy atom. The van der Waals surface area contributed by atoms with E-state index in [2.05, 4.69) is 6.58 Å². The minimum atomic E-state index is -0.680. The van der Waals surface area contributed by atoms with Gasteiger partial charge in [-0.2, -0.15) is 0 Å². The predicted molar refractivity (Wildman–Crippen MR) is 109 cm³/mol. The summed E-state index contributed by atoms with van der Waals surface area (Å²) in [6.45, 7) is 4.80. The third kappa shape index (κ3) is 3.76. The van der Waals surface area contributed by atoms with Crippen molar-refractivity contribution in [1.82, 2.24) is 9.80 Å². The fourth-order valence-electron chi connectivity index (χ4n) is 4.84. The van der Waals surface area contributed by atoms with Crippen LogP contribution < -0.4 is 0 Å². The Morgan fingerprint density at radius 1 is 1.07 bits per heavy atom. The molecule has 1 saturated heterocycles. The summed E-state index contributed by atoms with van der Waals surface area (Å²) < 4.78 is 5.22. The van der Waals surface area contributed by atoms with Gasteiger partial charge in [0.2, 0.25) is 0 Å². The second-order valence-electron chi connectivity index (χ2n) is 8.28. The fourth-order valence-corrected chi connectivity index (χ4v) is 4.84. The highest BCUT2D eigenvalue weighted by molar-refractivity contribution is 6.22. The smallest absolute Gasteiger partial charge is 0.338 e. The van der Waals surface area contributed by atoms with E-state index in [9.17, 15) is 19.2 Å². The monoisotopic (exact) mass is 410 g/mol. The van der Waals surface area contributed by atoms with E-state index in [0.29, 0.717) is 12.5 Å². The molecule has 0 unspecified atom stereocenters. The molecule has 2 heterocycles. The molecule has 2 aliphatic heterocycles. The highest BCUT2D eigenvalue weighted by Gasteiger charge is 2.36. The summed E-state index contributed by atoms with van der Waals surface area (Å²) in [7, 11) is 0. The van der Waals surface area contributed by atoms with Gasteiger partial charge >= 0.3 is 5.97 Å². The zero-order chi connectivity index (χ0) is 21.3. The molecule has 2 fully saturated rings. The van der Waals surface area contributed by atoms with Gasteiger partial charge in [-0.1, -0.05) is 25.3 Å². The maximum atomic E-state index is 12.5. The Morgan fingerprint density at radius 2 is 1.80 bits per heavy atom. The lowest BCUT2D eigenvalue weighted by molar-refractivity contribution is -0.137. The van der Waals surface area contributed by atoms with Crippen LogP contribution in [0.4, 0.5) is 0 Å². The largest absolute Gasteiger partial charge is 0.452 e. The molecule has 158 valence electrons. The molecule has 1 aliphatic carbocycles. The molecule has 0 radical (unpaired) electrons. The van der Waals surface area contributed by atoms with Crippen molar-refractivity contribution in [2.75, 3.05) is 26.2 Å². The van der Waals surface area contributed by atoms with E-state index in [0.717, 1.165) is 23.8 Å². The molecule has 2 atom stereocenters. The van der Waals surface area contributed by atoms with E-state index in [-0.39, 0.29) is 35.7 Å². The number of likely N-dealkylation sites (tertiary alicyclic amines) is 1. The van der Waals surface area contributed by atoms with Gasteiger partial charge in [0.05, 0.1) is 16.7 Å². The molecule has 1 aromatic rings. The highest BCUT2D eigenvalue weighted by atomic mass is 16.5. The van der Waals surface area contributed by atoms with E-state index >= 15 is 0 Å². The molecule has 0 N–H and O–H groups in total. The normalized spacial score (nSPS) is 23.1. The van der Waals surface area contributed by atoms with Crippen molar-refractivity contribution < 1.29 is 23.9 Å². The molecule has 7 heteroatoms. The quantitative estimate of drug-likeness (QED) is 0.423. The van der Waals surface area contributed by atoms with Crippen LogP contribution >= 0.6 is 0 Å². The standard InChI is InChI=1S/C23H26N2O5/c1-2-10-25-21(27)18-8-7-16(12-19(18)22(25)28)23(29)30-14-20(26)24-11-9-15-5-3-4-6-17(15)13-24/h2,7-8,12,15,17H,1,3-6,9-11,13-14H2/t15-,17-/m1/s1. The van der Waals surface area contributed by atoms with Crippen LogP contribution in [0.1, 0.15) is 63.2 Å². The van der Waals surface area contributed by atoms with Crippen molar-refractivity contribution in [2.45, 2.75) is 32.1 Å². The van der Waals surface area contributed by atoms with Gasteiger partial charge in [-0.3, -0.25) is 19.3 Å².